The Balaban J connectivity index is 0.000000211. The van der Waals surface area contributed by atoms with E-state index in [2.05, 4.69) is 41.8 Å². The minimum absolute atomic E-state index is 0.370. The van der Waals surface area contributed by atoms with Gasteiger partial charge in [0.15, 0.2) is 0 Å². The van der Waals surface area contributed by atoms with Gasteiger partial charge >= 0.3 is 0 Å². The van der Waals surface area contributed by atoms with Gasteiger partial charge in [0.25, 0.3) is 0 Å². The second-order valence-electron chi connectivity index (χ2n) is 4.31. The first kappa shape index (κ1) is 18.0. The van der Waals surface area contributed by atoms with E-state index in [1.54, 1.807) is 31.1 Å². The van der Waals surface area contributed by atoms with Crippen LogP contribution >= 0.6 is 31.9 Å². The normalized spacial score (nSPS) is 9.86. The largest absolute Gasteiger partial charge is 0.374 e. The smallest absolute Gasteiger partial charge is 0.236 e. The fourth-order valence-electron chi connectivity index (χ4n) is 1.44. The van der Waals surface area contributed by atoms with Crippen LogP contribution in [0.2, 0.25) is 0 Å². The zero-order valence-corrected chi connectivity index (χ0v) is 15.0. The molecular formula is C14H15Br2F2N3. The van der Waals surface area contributed by atoms with Crippen LogP contribution in [-0.4, -0.2) is 24.1 Å². The first-order valence-corrected chi connectivity index (χ1v) is 7.72. The van der Waals surface area contributed by atoms with Crippen LogP contribution in [0.5, 0.6) is 0 Å². The first-order chi connectivity index (χ1) is 9.85. The Morgan fingerprint density at radius 3 is 1.95 bits per heavy atom. The van der Waals surface area contributed by atoms with Gasteiger partial charge in [-0.2, -0.15) is 8.78 Å². The Kier molecular flexibility index (Phi) is 7.17. The number of pyridine rings is 2. The fourth-order valence-corrected chi connectivity index (χ4v) is 2.14. The number of halogens is 4. The summed E-state index contributed by atoms with van der Waals surface area (Å²) in [6.07, 6.45) is 3.56. The number of hydrogen-bond donors (Lipinski definition) is 0. The van der Waals surface area contributed by atoms with Gasteiger partial charge in [0.2, 0.25) is 11.9 Å². The van der Waals surface area contributed by atoms with Crippen LogP contribution in [0.1, 0.15) is 12.5 Å². The number of nitrogens with zero attached hydrogens (tertiary/aromatic N) is 3. The van der Waals surface area contributed by atoms with Crippen molar-refractivity contribution in [2.75, 3.05) is 19.0 Å². The van der Waals surface area contributed by atoms with Gasteiger partial charge in [-0.25, -0.2) is 9.97 Å². The number of hydrogen-bond acceptors (Lipinski definition) is 3. The molecule has 21 heavy (non-hydrogen) atoms. The number of anilines is 1. The van der Waals surface area contributed by atoms with Gasteiger partial charge < -0.3 is 4.90 Å². The molecule has 0 bridgehead atoms. The average Bonchev–Trinajstić information content (AvgIpc) is 2.44. The van der Waals surface area contributed by atoms with Gasteiger partial charge in [-0.1, -0.05) is 6.92 Å². The summed E-state index contributed by atoms with van der Waals surface area (Å²) in [6.45, 7) is 1.90. The highest BCUT2D eigenvalue weighted by molar-refractivity contribution is 9.10. The van der Waals surface area contributed by atoms with Crippen LogP contribution in [-0.2, 0) is 6.42 Å². The first-order valence-electron chi connectivity index (χ1n) is 6.13. The van der Waals surface area contributed by atoms with Crippen molar-refractivity contribution >= 4 is 37.5 Å². The molecule has 0 amide bonds. The van der Waals surface area contributed by atoms with Crippen LogP contribution in [0.25, 0.3) is 0 Å². The standard InChI is InChI=1S/C7H8BrFN2.C7H7BrFN/c1-11(2)6-3-5(8)4-10-7(6)9;1-2-5-3-6(8)4-10-7(5)9/h3-4H,1-2H3;3-4H,2H2,1H3. The molecule has 0 atom stereocenters. The summed E-state index contributed by atoms with van der Waals surface area (Å²) in [6, 6.07) is 3.42. The highest BCUT2D eigenvalue weighted by Gasteiger charge is 2.04. The van der Waals surface area contributed by atoms with Crippen LogP contribution < -0.4 is 4.90 Å². The molecule has 2 aromatic rings. The molecule has 7 heteroatoms. The second kappa shape index (κ2) is 8.38. The van der Waals surface area contributed by atoms with Gasteiger partial charge in [0.1, 0.15) is 0 Å². The summed E-state index contributed by atoms with van der Waals surface area (Å²) in [5.74, 6) is -0.816. The molecule has 0 saturated carbocycles. The van der Waals surface area contributed by atoms with E-state index < -0.39 is 5.95 Å². The maximum Gasteiger partial charge on any atom is 0.236 e. The molecule has 2 heterocycles. The molecule has 0 radical (unpaired) electrons. The third kappa shape index (κ3) is 5.67. The van der Waals surface area contributed by atoms with Crippen molar-refractivity contribution in [1.29, 1.82) is 0 Å². The molecule has 3 nitrogen and oxygen atoms in total. The Bertz CT molecular complexity index is 607. The maximum atomic E-state index is 12.8. The van der Waals surface area contributed by atoms with Crippen molar-refractivity contribution in [3.05, 3.63) is 50.9 Å². The minimum Gasteiger partial charge on any atom is -0.374 e. The highest BCUT2D eigenvalue weighted by atomic mass is 79.9. The van der Waals surface area contributed by atoms with E-state index in [1.807, 2.05) is 6.92 Å². The molecule has 0 aromatic carbocycles. The monoisotopic (exact) mass is 421 g/mol. The van der Waals surface area contributed by atoms with E-state index in [-0.39, 0.29) is 5.95 Å². The van der Waals surface area contributed by atoms with Gasteiger partial charge in [-0.05, 0) is 50.4 Å². The third-order valence-electron chi connectivity index (χ3n) is 2.53. The van der Waals surface area contributed by atoms with Gasteiger partial charge in [-0.3, -0.25) is 0 Å². The lowest BCUT2D eigenvalue weighted by Gasteiger charge is -2.12. The average molecular weight is 423 g/mol. The summed E-state index contributed by atoms with van der Waals surface area (Å²) in [5, 5.41) is 0. The van der Waals surface area contributed by atoms with Crippen molar-refractivity contribution in [1.82, 2.24) is 9.97 Å². The molecule has 0 fully saturated rings. The lowest BCUT2D eigenvalue weighted by Crippen LogP contribution is -2.11. The quantitative estimate of drug-likeness (QED) is 0.662. The maximum absolute atomic E-state index is 12.8. The summed E-state index contributed by atoms with van der Waals surface area (Å²) in [4.78, 5) is 8.75. The van der Waals surface area contributed by atoms with Gasteiger partial charge in [0.05, 0.1) is 5.69 Å². The summed E-state index contributed by atoms with van der Waals surface area (Å²) in [7, 11) is 3.54. The zero-order valence-electron chi connectivity index (χ0n) is 11.9. The van der Waals surface area contributed by atoms with E-state index in [0.29, 0.717) is 17.7 Å². The topological polar surface area (TPSA) is 29.0 Å². The number of rotatable bonds is 2. The van der Waals surface area contributed by atoms with Crippen molar-refractivity contribution in [2.24, 2.45) is 0 Å². The fraction of sp³-hybridized carbons (Fsp3) is 0.286. The lowest BCUT2D eigenvalue weighted by molar-refractivity contribution is 0.568. The molecule has 0 aliphatic rings. The van der Waals surface area contributed by atoms with E-state index >= 15 is 0 Å². The number of aryl methyl sites for hydroxylation is 1. The van der Waals surface area contributed by atoms with Crippen molar-refractivity contribution in [2.45, 2.75) is 13.3 Å². The van der Waals surface area contributed by atoms with Crippen LogP contribution in [0.3, 0.4) is 0 Å². The van der Waals surface area contributed by atoms with E-state index in [1.165, 1.54) is 12.4 Å². The molecule has 0 aliphatic heterocycles. The van der Waals surface area contributed by atoms with Gasteiger partial charge in [0, 0.05) is 41.0 Å². The SMILES string of the molecule is CCc1cc(Br)cnc1F.CN(C)c1cc(Br)cnc1F. The molecule has 2 rings (SSSR count). The van der Waals surface area contributed by atoms with Crippen LogP contribution in [0.15, 0.2) is 33.5 Å². The second-order valence-corrected chi connectivity index (χ2v) is 6.15. The Hall–Kier alpha value is -1.08. The van der Waals surface area contributed by atoms with Crippen molar-refractivity contribution < 1.29 is 8.78 Å². The van der Waals surface area contributed by atoms with Crippen molar-refractivity contribution in [3.63, 3.8) is 0 Å². The minimum atomic E-state index is -0.446. The highest BCUT2D eigenvalue weighted by Crippen LogP contribution is 2.19. The molecule has 114 valence electrons. The molecule has 2 aromatic heterocycles. The summed E-state index contributed by atoms with van der Waals surface area (Å²) >= 11 is 6.42. The summed E-state index contributed by atoms with van der Waals surface area (Å²) in [5.41, 5.74) is 1.13. The molecule has 0 saturated heterocycles. The third-order valence-corrected chi connectivity index (χ3v) is 3.40. The number of aromatic nitrogens is 2. The van der Waals surface area contributed by atoms with Crippen LogP contribution in [0.4, 0.5) is 14.5 Å². The molecule has 0 aliphatic carbocycles. The molecule has 0 unspecified atom stereocenters. The predicted octanol–water partition coefficient (Wildman–Crippen LogP) is 4.59. The van der Waals surface area contributed by atoms with E-state index in [9.17, 15) is 8.78 Å². The van der Waals surface area contributed by atoms with Crippen LogP contribution in [0, 0.1) is 11.9 Å². The molecular weight excluding hydrogens is 408 g/mol. The Morgan fingerprint density at radius 2 is 1.52 bits per heavy atom. The van der Waals surface area contributed by atoms with Gasteiger partial charge in [-0.15, -0.1) is 0 Å². The van der Waals surface area contributed by atoms with E-state index in [4.69, 9.17) is 0 Å². The molecule has 0 N–H and O–H groups in total. The van der Waals surface area contributed by atoms with Crippen molar-refractivity contribution in [3.8, 4) is 0 Å². The Morgan fingerprint density at radius 1 is 1.00 bits per heavy atom. The van der Waals surface area contributed by atoms with E-state index in [0.717, 1.165) is 8.95 Å². The summed E-state index contributed by atoms with van der Waals surface area (Å²) < 4.78 is 27.1. The zero-order chi connectivity index (χ0) is 16.0. The predicted molar refractivity (Wildman–Crippen MR) is 87.5 cm³/mol. The Labute approximate surface area is 139 Å². The molecule has 0 spiro atoms. The lowest BCUT2D eigenvalue weighted by atomic mass is 10.2.